The Hall–Kier alpha value is -0.780. The molecule has 0 amide bonds. The van der Waals surface area contributed by atoms with Crippen LogP contribution in [-0.2, 0) is 0 Å². The van der Waals surface area contributed by atoms with Gasteiger partial charge in [-0.3, -0.25) is 0 Å². The molecule has 0 bridgehead atoms. The highest BCUT2D eigenvalue weighted by atomic mass is 79.9. The zero-order chi connectivity index (χ0) is 10.4. The van der Waals surface area contributed by atoms with Crippen molar-refractivity contribution in [2.24, 2.45) is 0 Å². The maximum atomic E-state index is 5.25. The lowest BCUT2D eigenvalue weighted by Crippen LogP contribution is -2.15. The molecule has 0 radical (unpaired) electrons. The number of rotatable bonds is 4. The number of benzene rings is 1. The summed E-state index contributed by atoms with van der Waals surface area (Å²) in [5, 5.41) is 3.26. The molecule has 0 aliphatic carbocycles. The first-order valence-electron chi connectivity index (χ1n) is 4.64. The summed E-state index contributed by atoms with van der Waals surface area (Å²) in [6, 6.07) is 8.65. The van der Waals surface area contributed by atoms with Gasteiger partial charge in [-0.25, -0.2) is 0 Å². The molecule has 0 aliphatic rings. The highest BCUT2D eigenvalue weighted by Gasteiger charge is 2.07. The van der Waals surface area contributed by atoms with Crippen LogP contribution in [0.15, 0.2) is 28.7 Å². The lowest BCUT2D eigenvalue weighted by Gasteiger charge is -2.15. The van der Waals surface area contributed by atoms with Gasteiger partial charge in [0, 0.05) is 16.9 Å². The van der Waals surface area contributed by atoms with Crippen molar-refractivity contribution in [2.75, 3.05) is 7.05 Å². The van der Waals surface area contributed by atoms with Crippen molar-refractivity contribution in [1.29, 1.82) is 0 Å². The molecule has 1 aromatic carbocycles. The molecule has 1 aromatic rings. The van der Waals surface area contributed by atoms with E-state index in [2.05, 4.69) is 39.3 Å². The molecule has 2 heteroatoms. The fraction of sp³-hybridized carbons (Fsp3) is 0.333. The van der Waals surface area contributed by atoms with Crippen LogP contribution in [0.2, 0.25) is 0 Å². The summed E-state index contributed by atoms with van der Waals surface area (Å²) in [5.41, 5.74) is 1.28. The van der Waals surface area contributed by atoms with Gasteiger partial charge in [0.2, 0.25) is 0 Å². The van der Waals surface area contributed by atoms with Crippen LogP contribution in [0.5, 0.6) is 0 Å². The molecule has 1 nitrogen and oxygen atoms in total. The van der Waals surface area contributed by atoms with Gasteiger partial charge in [0.25, 0.3) is 0 Å². The number of nitrogens with one attached hydrogen (secondary N) is 1. The topological polar surface area (TPSA) is 12.0 Å². The maximum Gasteiger partial charge on any atom is 0.0327 e. The Morgan fingerprint density at radius 1 is 1.57 bits per heavy atom. The number of hydrogen-bond donors (Lipinski definition) is 1. The van der Waals surface area contributed by atoms with Gasteiger partial charge < -0.3 is 5.32 Å². The van der Waals surface area contributed by atoms with Crippen molar-refractivity contribution < 1.29 is 0 Å². The van der Waals surface area contributed by atoms with Crippen molar-refractivity contribution >= 4 is 15.9 Å². The molecular formula is C12H14BrN. The fourth-order valence-electron chi connectivity index (χ4n) is 1.43. The van der Waals surface area contributed by atoms with Crippen molar-refractivity contribution in [3.05, 3.63) is 34.3 Å². The average molecular weight is 252 g/mol. The molecule has 0 fully saturated rings. The molecule has 1 atom stereocenters. The second-order valence-corrected chi connectivity index (χ2v) is 4.05. The Labute approximate surface area is 94.0 Å². The van der Waals surface area contributed by atoms with E-state index >= 15 is 0 Å². The maximum absolute atomic E-state index is 5.25. The highest BCUT2D eigenvalue weighted by molar-refractivity contribution is 9.10. The summed E-state index contributed by atoms with van der Waals surface area (Å²) < 4.78 is 1.11. The first kappa shape index (κ1) is 11.3. The molecule has 0 aromatic heterocycles. The first-order chi connectivity index (χ1) is 6.77. The first-order valence-corrected chi connectivity index (χ1v) is 5.43. The summed E-state index contributed by atoms with van der Waals surface area (Å²) in [7, 11) is 1.96. The average Bonchev–Trinajstić information content (AvgIpc) is 2.19. The third-order valence-electron chi connectivity index (χ3n) is 2.18. The lowest BCUT2D eigenvalue weighted by molar-refractivity contribution is 0.558. The molecule has 74 valence electrons. The molecule has 1 unspecified atom stereocenters. The zero-order valence-electron chi connectivity index (χ0n) is 8.26. The minimum atomic E-state index is 0.351. The van der Waals surface area contributed by atoms with Gasteiger partial charge in [0.1, 0.15) is 0 Å². The summed E-state index contributed by atoms with van der Waals surface area (Å²) in [5.74, 6) is 2.67. The highest BCUT2D eigenvalue weighted by Crippen LogP contribution is 2.21. The van der Waals surface area contributed by atoms with E-state index in [0.29, 0.717) is 6.04 Å². The zero-order valence-corrected chi connectivity index (χ0v) is 9.84. The smallest absolute Gasteiger partial charge is 0.0327 e. The summed E-state index contributed by atoms with van der Waals surface area (Å²) in [4.78, 5) is 0. The number of hydrogen-bond acceptors (Lipinski definition) is 1. The Bertz CT molecular complexity index is 327. The van der Waals surface area contributed by atoms with E-state index in [0.717, 1.165) is 17.3 Å². The van der Waals surface area contributed by atoms with Crippen LogP contribution in [0, 0.1) is 12.3 Å². The van der Waals surface area contributed by atoms with Crippen molar-refractivity contribution in [1.82, 2.24) is 5.32 Å². The molecule has 0 spiro atoms. The molecular weight excluding hydrogens is 238 g/mol. The second kappa shape index (κ2) is 5.85. The van der Waals surface area contributed by atoms with E-state index < -0.39 is 0 Å². The Balaban J connectivity index is 2.74. The van der Waals surface area contributed by atoms with E-state index in [-0.39, 0.29) is 0 Å². The quantitative estimate of drug-likeness (QED) is 0.812. The van der Waals surface area contributed by atoms with Crippen molar-refractivity contribution in [2.45, 2.75) is 18.9 Å². The lowest BCUT2D eigenvalue weighted by atomic mass is 10.0. The van der Waals surface area contributed by atoms with Crippen molar-refractivity contribution in [3.63, 3.8) is 0 Å². The third kappa shape index (κ3) is 3.17. The number of halogens is 1. The van der Waals surface area contributed by atoms with Crippen LogP contribution in [0.4, 0.5) is 0 Å². The van der Waals surface area contributed by atoms with Gasteiger partial charge in [-0.05, 0) is 31.2 Å². The van der Waals surface area contributed by atoms with Gasteiger partial charge >= 0.3 is 0 Å². The molecule has 0 saturated carbocycles. The van der Waals surface area contributed by atoms with Crippen molar-refractivity contribution in [3.8, 4) is 12.3 Å². The SMILES string of the molecule is C#CCCC(NC)c1cccc(Br)c1. The van der Waals surface area contributed by atoms with E-state index in [4.69, 9.17) is 6.42 Å². The second-order valence-electron chi connectivity index (χ2n) is 3.14. The Kier molecular flexibility index (Phi) is 4.72. The van der Waals surface area contributed by atoms with Crippen LogP contribution >= 0.6 is 15.9 Å². The summed E-state index contributed by atoms with van der Waals surface area (Å²) in [6.45, 7) is 0. The van der Waals surface area contributed by atoms with E-state index in [9.17, 15) is 0 Å². The molecule has 0 aliphatic heterocycles. The third-order valence-corrected chi connectivity index (χ3v) is 2.67. The molecule has 1 N–H and O–H groups in total. The molecule has 0 saturated heterocycles. The normalized spacial score (nSPS) is 12.1. The van der Waals surface area contributed by atoms with Gasteiger partial charge in [-0.2, -0.15) is 0 Å². The predicted molar refractivity (Wildman–Crippen MR) is 64.0 cm³/mol. The Morgan fingerprint density at radius 3 is 2.93 bits per heavy atom. The van der Waals surface area contributed by atoms with E-state index in [1.807, 2.05) is 19.2 Å². The standard InChI is InChI=1S/C12H14BrN/c1-3-4-8-12(14-2)10-6-5-7-11(13)9-10/h1,5-7,9,12,14H,4,8H2,2H3. The largest absolute Gasteiger partial charge is 0.313 e. The van der Waals surface area contributed by atoms with Gasteiger partial charge in [0.15, 0.2) is 0 Å². The van der Waals surface area contributed by atoms with Crippen LogP contribution in [0.1, 0.15) is 24.4 Å². The molecule has 0 heterocycles. The van der Waals surface area contributed by atoms with Gasteiger partial charge in [0.05, 0.1) is 0 Å². The van der Waals surface area contributed by atoms with Crippen LogP contribution in [0.25, 0.3) is 0 Å². The van der Waals surface area contributed by atoms with Crippen LogP contribution in [0.3, 0.4) is 0 Å². The predicted octanol–water partition coefficient (Wildman–Crippen LogP) is 3.12. The van der Waals surface area contributed by atoms with Crippen LogP contribution in [-0.4, -0.2) is 7.05 Å². The molecule has 1 rings (SSSR count). The minimum Gasteiger partial charge on any atom is -0.313 e. The minimum absolute atomic E-state index is 0.351. The van der Waals surface area contributed by atoms with E-state index in [1.165, 1.54) is 5.56 Å². The molecule has 14 heavy (non-hydrogen) atoms. The van der Waals surface area contributed by atoms with Gasteiger partial charge in [-0.15, -0.1) is 12.3 Å². The fourth-order valence-corrected chi connectivity index (χ4v) is 1.85. The van der Waals surface area contributed by atoms with Crippen LogP contribution < -0.4 is 5.32 Å². The summed E-state index contributed by atoms with van der Waals surface area (Å²) >= 11 is 3.46. The Morgan fingerprint density at radius 2 is 2.36 bits per heavy atom. The van der Waals surface area contributed by atoms with Gasteiger partial charge in [-0.1, -0.05) is 28.1 Å². The number of terminal acetylenes is 1. The monoisotopic (exact) mass is 251 g/mol. The van der Waals surface area contributed by atoms with E-state index in [1.54, 1.807) is 0 Å². The summed E-state index contributed by atoms with van der Waals surface area (Å²) in [6.07, 6.45) is 7.03.